The van der Waals surface area contributed by atoms with Crippen molar-refractivity contribution in [3.05, 3.63) is 53.2 Å². The predicted molar refractivity (Wildman–Crippen MR) is 120 cm³/mol. The number of hydrogen-bond acceptors (Lipinski definition) is 7. The van der Waals surface area contributed by atoms with Gasteiger partial charge < -0.3 is 14.1 Å². The summed E-state index contributed by atoms with van der Waals surface area (Å²) in [7, 11) is 1.66. The first-order valence-electron chi connectivity index (χ1n) is 10.7. The van der Waals surface area contributed by atoms with Gasteiger partial charge in [-0.05, 0) is 48.9 Å². The Kier molecular flexibility index (Phi) is 6.99. The van der Waals surface area contributed by atoms with Crippen molar-refractivity contribution in [1.29, 1.82) is 0 Å². The van der Waals surface area contributed by atoms with Crippen molar-refractivity contribution in [3.63, 3.8) is 0 Å². The predicted octanol–water partition coefficient (Wildman–Crippen LogP) is 4.03. The molecule has 3 heterocycles. The Morgan fingerprint density at radius 1 is 1.16 bits per heavy atom. The Hall–Kier alpha value is -2.71. The van der Waals surface area contributed by atoms with E-state index < -0.39 is 0 Å². The highest BCUT2D eigenvalue weighted by Gasteiger charge is 2.26. The Morgan fingerprint density at radius 2 is 2.00 bits per heavy atom. The summed E-state index contributed by atoms with van der Waals surface area (Å²) in [6.45, 7) is 5.30. The van der Waals surface area contributed by atoms with Crippen LogP contribution in [0.5, 0.6) is 5.75 Å². The Morgan fingerprint density at radius 3 is 2.74 bits per heavy atom. The maximum Gasteiger partial charge on any atom is 0.257 e. The summed E-state index contributed by atoms with van der Waals surface area (Å²) < 4.78 is 11.1. The lowest BCUT2D eigenvalue weighted by Gasteiger charge is -2.25. The maximum absolute atomic E-state index is 12.8. The van der Waals surface area contributed by atoms with Crippen molar-refractivity contribution < 1.29 is 13.9 Å². The molecular weight excluding hydrogens is 412 g/mol. The third-order valence-electron chi connectivity index (χ3n) is 5.75. The van der Waals surface area contributed by atoms with Gasteiger partial charge in [-0.2, -0.15) is 0 Å². The molecule has 2 aromatic heterocycles. The molecule has 0 N–H and O–H groups in total. The van der Waals surface area contributed by atoms with Crippen LogP contribution in [0.3, 0.4) is 0 Å². The van der Waals surface area contributed by atoms with Crippen LogP contribution in [0.2, 0.25) is 0 Å². The molecule has 31 heavy (non-hydrogen) atoms. The highest BCUT2D eigenvalue weighted by atomic mass is 32.1. The van der Waals surface area contributed by atoms with Gasteiger partial charge in [-0.25, -0.2) is 0 Å². The van der Waals surface area contributed by atoms with Gasteiger partial charge in [0, 0.05) is 32.6 Å². The highest BCUT2D eigenvalue weighted by Crippen LogP contribution is 2.27. The van der Waals surface area contributed by atoms with E-state index in [2.05, 4.69) is 22.0 Å². The first-order valence-corrected chi connectivity index (χ1v) is 11.5. The van der Waals surface area contributed by atoms with Crippen molar-refractivity contribution >= 4 is 17.2 Å². The standard InChI is InChI=1S/C23H28N4O3S/c1-17(22-24-25-23(30-22)20-5-3-16-31-20)26-12-4-13-27(15-14-26)21(28)11-8-18-6-9-19(29-2)10-7-18/h3,5-7,9-10,16-17H,4,8,11-15H2,1-2H3. The van der Waals surface area contributed by atoms with Gasteiger partial charge in [0.2, 0.25) is 11.8 Å². The Labute approximate surface area is 186 Å². The molecule has 1 saturated heterocycles. The van der Waals surface area contributed by atoms with Crippen LogP contribution in [0.15, 0.2) is 46.2 Å². The molecule has 3 aromatic rings. The monoisotopic (exact) mass is 440 g/mol. The molecule has 0 saturated carbocycles. The Bertz CT molecular complexity index is 971. The summed E-state index contributed by atoms with van der Waals surface area (Å²) >= 11 is 1.59. The summed E-state index contributed by atoms with van der Waals surface area (Å²) in [5, 5.41) is 10.5. The molecule has 164 valence electrons. The number of methoxy groups -OCH3 is 1. The number of thiophene rings is 1. The zero-order valence-electron chi connectivity index (χ0n) is 18.0. The summed E-state index contributed by atoms with van der Waals surface area (Å²) in [5.41, 5.74) is 1.15. The van der Waals surface area contributed by atoms with E-state index in [0.29, 0.717) is 18.2 Å². The lowest BCUT2D eigenvalue weighted by molar-refractivity contribution is -0.131. The number of amides is 1. The molecule has 0 radical (unpaired) electrons. The fourth-order valence-electron chi connectivity index (χ4n) is 3.84. The van der Waals surface area contributed by atoms with Crippen LogP contribution >= 0.6 is 11.3 Å². The molecular formula is C23H28N4O3S. The van der Waals surface area contributed by atoms with Gasteiger partial charge in [0.15, 0.2) is 0 Å². The summed E-state index contributed by atoms with van der Waals surface area (Å²) in [4.78, 5) is 18.1. The number of carbonyl (C=O) groups is 1. The van der Waals surface area contributed by atoms with E-state index >= 15 is 0 Å². The fourth-order valence-corrected chi connectivity index (χ4v) is 4.48. The van der Waals surface area contributed by atoms with E-state index in [1.807, 2.05) is 46.7 Å². The number of rotatable bonds is 7. The van der Waals surface area contributed by atoms with Crippen LogP contribution in [0.1, 0.15) is 37.3 Å². The number of aromatic nitrogens is 2. The smallest absolute Gasteiger partial charge is 0.257 e. The van der Waals surface area contributed by atoms with E-state index in [1.165, 1.54) is 0 Å². The minimum Gasteiger partial charge on any atom is -0.497 e. The number of ether oxygens (including phenoxy) is 1. The molecule has 4 rings (SSSR count). The van der Waals surface area contributed by atoms with Crippen LogP contribution in [0, 0.1) is 0 Å². The molecule has 7 nitrogen and oxygen atoms in total. The van der Waals surface area contributed by atoms with E-state index in [1.54, 1.807) is 18.4 Å². The topological polar surface area (TPSA) is 71.7 Å². The lowest BCUT2D eigenvalue weighted by Crippen LogP contribution is -2.36. The molecule has 0 bridgehead atoms. The normalized spacial score (nSPS) is 16.1. The third-order valence-corrected chi connectivity index (χ3v) is 6.61. The molecule has 1 fully saturated rings. The highest BCUT2D eigenvalue weighted by molar-refractivity contribution is 7.13. The number of hydrogen-bond donors (Lipinski definition) is 0. The van der Waals surface area contributed by atoms with E-state index in [9.17, 15) is 4.79 Å². The maximum atomic E-state index is 12.8. The van der Waals surface area contributed by atoms with Crippen LogP contribution in [-0.4, -0.2) is 59.2 Å². The van der Waals surface area contributed by atoms with Gasteiger partial charge in [0.05, 0.1) is 18.0 Å². The average Bonchev–Trinajstić information content (AvgIpc) is 3.45. The van der Waals surface area contributed by atoms with E-state index in [0.717, 1.165) is 55.2 Å². The van der Waals surface area contributed by atoms with Gasteiger partial charge in [0.1, 0.15) is 5.75 Å². The number of nitrogens with zero attached hydrogens (tertiary/aromatic N) is 4. The molecule has 1 aromatic carbocycles. The summed E-state index contributed by atoms with van der Waals surface area (Å²) in [6.07, 6.45) is 2.20. The van der Waals surface area contributed by atoms with Crippen molar-refractivity contribution in [2.45, 2.75) is 32.2 Å². The lowest BCUT2D eigenvalue weighted by atomic mass is 10.1. The molecule has 1 amide bonds. The zero-order chi connectivity index (χ0) is 21.6. The molecule has 0 spiro atoms. The van der Waals surface area contributed by atoms with Crippen molar-refractivity contribution in [2.75, 3.05) is 33.3 Å². The molecule has 0 aliphatic carbocycles. The second kappa shape index (κ2) is 10.1. The van der Waals surface area contributed by atoms with E-state index in [4.69, 9.17) is 9.15 Å². The minimum absolute atomic E-state index is 0.0237. The molecule has 1 aliphatic rings. The van der Waals surface area contributed by atoms with E-state index in [-0.39, 0.29) is 11.9 Å². The average molecular weight is 441 g/mol. The minimum atomic E-state index is 0.0237. The van der Waals surface area contributed by atoms with Crippen LogP contribution in [0.25, 0.3) is 10.8 Å². The van der Waals surface area contributed by atoms with Crippen LogP contribution in [0.4, 0.5) is 0 Å². The SMILES string of the molecule is COc1ccc(CCC(=O)N2CCCN(C(C)c3nnc(-c4cccs4)o3)CC2)cc1. The van der Waals surface area contributed by atoms with Crippen molar-refractivity contribution in [2.24, 2.45) is 0 Å². The second-order valence-electron chi connectivity index (χ2n) is 7.72. The van der Waals surface area contributed by atoms with Crippen molar-refractivity contribution in [3.8, 4) is 16.5 Å². The second-order valence-corrected chi connectivity index (χ2v) is 8.66. The summed E-state index contributed by atoms with van der Waals surface area (Å²) in [6, 6.07) is 11.9. The first kappa shape index (κ1) is 21.5. The number of benzene rings is 1. The first-order chi connectivity index (χ1) is 15.1. The van der Waals surface area contributed by atoms with Gasteiger partial charge in [-0.1, -0.05) is 18.2 Å². The number of carbonyl (C=O) groups excluding carboxylic acids is 1. The van der Waals surface area contributed by atoms with Gasteiger partial charge in [-0.3, -0.25) is 9.69 Å². The summed E-state index contributed by atoms with van der Waals surface area (Å²) in [5.74, 6) is 2.24. The zero-order valence-corrected chi connectivity index (χ0v) is 18.8. The van der Waals surface area contributed by atoms with Gasteiger partial charge in [-0.15, -0.1) is 21.5 Å². The molecule has 1 aliphatic heterocycles. The Balaban J connectivity index is 1.29. The van der Waals surface area contributed by atoms with Crippen molar-refractivity contribution in [1.82, 2.24) is 20.0 Å². The van der Waals surface area contributed by atoms with Gasteiger partial charge >= 0.3 is 0 Å². The quantitative estimate of drug-likeness (QED) is 0.552. The largest absolute Gasteiger partial charge is 0.497 e. The molecule has 1 atom stereocenters. The molecule has 8 heteroatoms. The van der Waals surface area contributed by atoms with Crippen LogP contribution in [-0.2, 0) is 11.2 Å². The van der Waals surface area contributed by atoms with Gasteiger partial charge in [0.25, 0.3) is 5.89 Å². The number of aryl methyl sites for hydroxylation is 1. The fraction of sp³-hybridized carbons (Fsp3) is 0.435. The third kappa shape index (κ3) is 5.32. The van der Waals surface area contributed by atoms with Crippen LogP contribution < -0.4 is 4.74 Å². The molecule has 1 unspecified atom stereocenters.